The molecule has 0 aliphatic rings. The molecule has 1 N–H and O–H groups in total. The fraction of sp³-hybridized carbons (Fsp3) is 0.261. The van der Waals surface area contributed by atoms with Crippen molar-refractivity contribution in [1.82, 2.24) is 0 Å². The Kier molecular flexibility index (Phi) is 5.27. The van der Waals surface area contributed by atoms with Crippen LogP contribution in [0.3, 0.4) is 0 Å². The number of carbonyl (C=O) groups excluding carboxylic acids is 1. The van der Waals surface area contributed by atoms with E-state index in [2.05, 4.69) is 29.6 Å². The van der Waals surface area contributed by atoms with Crippen LogP contribution in [-0.2, 0) is 16.0 Å². The standard InChI is InChI=1S/C23H25NO2/c1-23(2,3)26-22(25)21(15-17-9-5-4-6-10-17)24-20-14-13-18-11-7-8-12-19(18)16-20/h4-14,16,21,24H,15H2,1-3H3/t21-/m0/s1. The summed E-state index contributed by atoms with van der Waals surface area (Å²) in [4.78, 5) is 12.7. The van der Waals surface area contributed by atoms with Crippen LogP contribution in [0.2, 0.25) is 0 Å². The van der Waals surface area contributed by atoms with E-state index in [1.54, 1.807) is 0 Å². The number of carbonyl (C=O) groups is 1. The van der Waals surface area contributed by atoms with Crippen LogP contribution >= 0.6 is 0 Å². The van der Waals surface area contributed by atoms with Crippen molar-refractivity contribution in [2.24, 2.45) is 0 Å². The summed E-state index contributed by atoms with van der Waals surface area (Å²) in [6, 6.07) is 23.9. The summed E-state index contributed by atoms with van der Waals surface area (Å²) in [5, 5.41) is 5.68. The van der Waals surface area contributed by atoms with Crippen LogP contribution in [-0.4, -0.2) is 17.6 Å². The second-order valence-electron chi connectivity index (χ2n) is 7.48. The third kappa shape index (κ3) is 4.85. The van der Waals surface area contributed by atoms with Crippen LogP contribution < -0.4 is 5.32 Å². The van der Waals surface area contributed by atoms with E-state index < -0.39 is 11.6 Å². The van der Waals surface area contributed by atoms with Crippen molar-refractivity contribution >= 4 is 22.4 Å². The van der Waals surface area contributed by atoms with Crippen molar-refractivity contribution < 1.29 is 9.53 Å². The first-order chi connectivity index (χ1) is 12.4. The Balaban J connectivity index is 1.84. The van der Waals surface area contributed by atoms with Crippen molar-refractivity contribution in [2.45, 2.75) is 38.8 Å². The molecule has 0 unspecified atom stereocenters. The van der Waals surface area contributed by atoms with E-state index >= 15 is 0 Å². The van der Waals surface area contributed by atoms with Crippen molar-refractivity contribution in [3.05, 3.63) is 78.4 Å². The molecule has 0 aromatic heterocycles. The van der Waals surface area contributed by atoms with Gasteiger partial charge in [-0.15, -0.1) is 0 Å². The topological polar surface area (TPSA) is 38.3 Å². The smallest absolute Gasteiger partial charge is 0.329 e. The number of anilines is 1. The van der Waals surface area contributed by atoms with Crippen LogP contribution in [0.4, 0.5) is 5.69 Å². The lowest BCUT2D eigenvalue weighted by Gasteiger charge is -2.25. The summed E-state index contributed by atoms with van der Waals surface area (Å²) in [5.41, 5.74) is 1.49. The predicted octanol–water partition coefficient (Wildman–Crippen LogP) is 5.20. The van der Waals surface area contributed by atoms with Gasteiger partial charge in [-0.25, -0.2) is 4.79 Å². The lowest BCUT2D eigenvalue weighted by molar-refractivity contribution is -0.155. The second-order valence-corrected chi connectivity index (χ2v) is 7.48. The molecule has 0 fully saturated rings. The van der Waals surface area contributed by atoms with Gasteiger partial charge in [0.05, 0.1) is 0 Å². The van der Waals surface area contributed by atoms with E-state index in [0.29, 0.717) is 6.42 Å². The maximum atomic E-state index is 12.7. The van der Waals surface area contributed by atoms with Crippen molar-refractivity contribution in [3.63, 3.8) is 0 Å². The molecule has 0 aliphatic heterocycles. The Hall–Kier alpha value is -2.81. The molecule has 0 radical (unpaired) electrons. The molecule has 3 heteroatoms. The maximum absolute atomic E-state index is 12.7. The Morgan fingerprint density at radius 2 is 1.58 bits per heavy atom. The van der Waals surface area contributed by atoms with Gasteiger partial charge >= 0.3 is 5.97 Å². The van der Waals surface area contributed by atoms with Gasteiger partial charge in [0.2, 0.25) is 0 Å². The number of rotatable bonds is 5. The highest BCUT2D eigenvalue weighted by molar-refractivity contribution is 5.87. The molecule has 134 valence electrons. The van der Waals surface area contributed by atoms with Gasteiger partial charge < -0.3 is 10.1 Å². The molecule has 0 saturated carbocycles. The summed E-state index contributed by atoms with van der Waals surface area (Å²) >= 11 is 0. The number of ether oxygens (including phenoxy) is 1. The van der Waals surface area contributed by atoms with Crippen molar-refractivity contribution in [2.75, 3.05) is 5.32 Å². The Morgan fingerprint density at radius 1 is 0.923 bits per heavy atom. The van der Waals surface area contributed by atoms with Gasteiger partial charge in [0, 0.05) is 12.1 Å². The zero-order valence-corrected chi connectivity index (χ0v) is 15.5. The zero-order chi connectivity index (χ0) is 18.6. The van der Waals surface area contributed by atoms with E-state index in [9.17, 15) is 4.79 Å². The number of fused-ring (bicyclic) bond motifs is 1. The van der Waals surface area contributed by atoms with E-state index in [1.165, 1.54) is 5.39 Å². The van der Waals surface area contributed by atoms with Crippen molar-refractivity contribution in [3.8, 4) is 0 Å². The van der Waals surface area contributed by atoms with Crippen LogP contribution in [0.15, 0.2) is 72.8 Å². The highest BCUT2D eigenvalue weighted by Crippen LogP contribution is 2.21. The molecule has 3 nitrogen and oxygen atoms in total. The van der Waals surface area contributed by atoms with Gasteiger partial charge in [-0.1, -0.05) is 60.7 Å². The summed E-state index contributed by atoms with van der Waals surface area (Å²) in [6.45, 7) is 5.67. The van der Waals surface area contributed by atoms with Gasteiger partial charge in [-0.2, -0.15) is 0 Å². The van der Waals surface area contributed by atoms with E-state index in [-0.39, 0.29) is 5.97 Å². The summed E-state index contributed by atoms with van der Waals surface area (Å²) < 4.78 is 5.63. The van der Waals surface area contributed by atoms with Gasteiger partial charge in [-0.3, -0.25) is 0 Å². The third-order valence-electron chi connectivity index (χ3n) is 4.06. The molecule has 3 aromatic rings. The van der Waals surface area contributed by atoms with Crippen molar-refractivity contribution in [1.29, 1.82) is 0 Å². The fourth-order valence-corrected chi connectivity index (χ4v) is 2.90. The largest absolute Gasteiger partial charge is 0.458 e. The lowest BCUT2D eigenvalue weighted by Crippen LogP contribution is -2.38. The fourth-order valence-electron chi connectivity index (χ4n) is 2.90. The van der Waals surface area contributed by atoms with Crippen LogP contribution in [0, 0.1) is 0 Å². The average Bonchev–Trinajstić information content (AvgIpc) is 2.60. The molecule has 0 saturated heterocycles. The van der Waals surface area contributed by atoms with Gasteiger partial charge in [0.25, 0.3) is 0 Å². The first-order valence-corrected chi connectivity index (χ1v) is 8.93. The molecule has 0 bridgehead atoms. The molecule has 26 heavy (non-hydrogen) atoms. The molecule has 0 amide bonds. The number of hydrogen-bond acceptors (Lipinski definition) is 3. The number of esters is 1. The van der Waals surface area contributed by atoms with E-state index in [1.807, 2.05) is 69.3 Å². The van der Waals surface area contributed by atoms with Crippen LogP contribution in [0.5, 0.6) is 0 Å². The SMILES string of the molecule is CC(C)(C)OC(=O)[C@H](Cc1ccccc1)Nc1ccc2ccccc2c1. The monoisotopic (exact) mass is 347 g/mol. The molecule has 0 heterocycles. The average molecular weight is 347 g/mol. The summed E-state index contributed by atoms with van der Waals surface area (Å²) in [7, 11) is 0. The second kappa shape index (κ2) is 7.61. The van der Waals surface area contributed by atoms with E-state index in [0.717, 1.165) is 16.6 Å². The Labute approximate surface area is 155 Å². The molecule has 0 aliphatic carbocycles. The maximum Gasteiger partial charge on any atom is 0.329 e. The summed E-state index contributed by atoms with van der Waals surface area (Å²) in [6.07, 6.45) is 0.572. The number of benzene rings is 3. The van der Waals surface area contributed by atoms with Crippen LogP contribution in [0.25, 0.3) is 10.8 Å². The minimum atomic E-state index is -0.517. The predicted molar refractivity (Wildman–Crippen MR) is 107 cm³/mol. The minimum Gasteiger partial charge on any atom is -0.458 e. The zero-order valence-electron chi connectivity index (χ0n) is 15.5. The third-order valence-corrected chi connectivity index (χ3v) is 4.06. The van der Waals surface area contributed by atoms with E-state index in [4.69, 9.17) is 4.74 Å². The quantitative estimate of drug-likeness (QED) is 0.644. The number of nitrogens with one attached hydrogen (secondary N) is 1. The first kappa shape index (κ1) is 18.0. The molecule has 3 aromatic carbocycles. The molecule has 1 atom stereocenters. The molecule has 3 rings (SSSR count). The van der Waals surface area contributed by atoms with Crippen LogP contribution in [0.1, 0.15) is 26.3 Å². The van der Waals surface area contributed by atoms with Gasteiger partial charge in [-0.05, 0) is 49.2 Å². The van der Waals surface area contributed by atoms with Gasteiger partial charge in [0.15, 0.2) is 0 Å². The lowest BCUT2D eigenvalue weighted by atomic mass is 10.0. The highest BCUT2D eigenvalue weighted by Gasteiger charge is 2.25. The normalized spacial score (nSPS) is 12.6. The van der Waals surface area contributed by atoms with Gasteiger partial charge in [0.1, 0.15) is 11.6 Å². The Morgan fingerprint density at radius 3 is 2.27 bits per heavy atom. The first-order valence-electron chi connectivity index (χ1n) is 8.93. The Bertz CT molecular complexity index is 881. The minimum absolute atomic E-state index is 0.241. The number of hydrogen-bond donors (Lipinski definition) is 1. The molecular formula is C23H25NO2. The molecular weight excluding hydrogens is 322 g/mol. The summed E-state index contributed by atoms with van der Waals surface area (Å²) in [5.74, 6) is -0.241. The molecule has 0 spiro atoms. The highest BCUT2D eigenvalue weighted by atomic mass is 16.6.